The van der Waals surface area contributed by atoms with Gasteiger partial charge in [0, 0.05) is 6.07 Å². The first kappa shape index (κ1) is 10.5. The molecule has 0 amide bonds. The summed E-state index contributed by atoms with van der Waals surface area (Å²) in [5.41, 5.74) is 1.01. The summed E-state index contributed by atoms with van der Waals surface area (Å²) in [7, 11) is 0. The van der Waals surface area contributed by atoms with Gasteiger partial charge in [0.1, 0.15) is 11.6 Å². The second-order valence-corrected chi connectivity index (χ2v) is 4.57. The summed E-state index contributed by atoms with van der Waals surface area (Å²) in [6.45, 7) is 4.19. The molecule has 82 valence electrons. The van der Waals surface area contributed by atoms with Crippen LogP contribution in [0.15, 0.2) is 18.2 Å². The Morgan fingerprint density at radius 3 is 2.80 bits per heavy atom. The standard InChI is InChI=1S/C13H17FO/c1-9-3-6-12(7-9)15-13-8-11(14)5-4-10(13)2/h4-5,8-9,12H,3,6-7H2,1-2H3. The highest BCUT2D eigenvalue weighted by molar-refractivity contribution is 5.32. The highest BCUT2D eigenvalue weighted by Gasteiger charge is 2.23. The Hall–Kier alpha value is -1.05. The van der Waals surface area contributed by atoms with Crippen LogP contribution in [0.2, 0.25) is 0 Å². The zero-order valence-electron chi connectivity index (χ0n) is 9.29. The van der Waals surface area contributed by atoms with Crippen molar-refractivity contribution in [3.8, 4) is 5.75 Å². The Kier molecular flexibility index (Phi) is 2.94. The van der Waals surface area contributed by atoms with E-state index in [1.54, 1.807) is 6.07 Å². The maximum absolute atomic E-state index is 13.0. The SMILES string of the molecule is Cc1ccc(F)cc1OC1CCC(C)C1. The smallest absolute Gasteiger partial charge is 0.126 e. The van der Waals surface area contributed by atoms with Gasteiger partial charge in [0.05, 0.1) is 6.10 Å². The molecule has 2 unspecified atom stereocenters. The molecule has 0 saturated heterocycles. The Labute approximate surface area is 90.3 Å². The average Bonchev–Trinajstić information content (AvgIpc) is 2.58. The van der Waals surface area contributed by atoms with E-state index in [1.807, 2.05) is 6.92 Å². The van der Waals surface area contributed by atoms with Gasteiger partial charge in [0.2, 0.25) is 0 Å². The number of ether oxygens (including phenoxy) is 1. The zero-order valence-corrected chi connectivity index (χ0v) is 9.29. The summed E-state index contributed by atoms with van der Waals surface area (Å²) in [4.78, 5) is 0. The summed E-state index contributed by atoms with van der Waals surface area (Å²) in [5.74, 6) is 1.22. The molecule has 1 aromatic carbocycles. The van der Waals surface area contributed by atoms with E-state index in [2.05, 4.69) is 6.92 Å². The third kappa shape index (κ3) is 2.49. The van der Waals surface area contributed by atoms with Gasteiger partial charge >= 0.3 is 0 Å². The Morgan fingerprint density at radius 1 is 1.33 bits per heavy atom. The molecular weight excluding hydrogens is 191 g/mol. The summed E-state index contributed by atoms with van der Waals surface area (Å²) >= 11 is 0. The summed E-state index contributed by atoms with van der Waals surface area (Å²) < 4.78 is 18.8. The molecule has 1 fully saturated rings. The van der Waals surface area contributed by atoms with Gasteiger partial charge < -0.3 is 4.74 Å². The number of hydrogen-bond donors (Lipinski definition) is 0. The van der Waals surface area contributed by atoms with Crippen LogP contribution in [0.5, 0.6) is 5.75 Å². The number of hydrogen-bond acceptors (Lipinski definition) is 1. The third-order valence-corrected chi connectivity index (χ3v) is 3.09. The van der Waals surface area contributed by atoms with Crippen LogP contribution in [0.25, 0.3) is 0 Å². The van der Waals surface area contributed by atoms with Gasteiger partial charge in [0.15, 0.2) is 0 Å². The van der Waals surface area contributed by atoms with E-state index < -0.39 is 0 Å². The van der Waals surface area contributed by atoms with E-state index >= 15 is 0 Å². The van der Waals surface area contributed by atoms with Crippen LogP contribution in [-0.2, 0) is 0 Å². The zero-order chi connectivity index (χ0) is 10.8. The topological polar surface area (TPSA) is 9.23 Å². The molecule has 0 heterocycles. The second-order valence-electron chi connectivity index (χ2n) is 4.57. The van der Waals surface area contributed by atoms with Crippen molar-refractivity contribution in [1.29, 1.82) is 0 Å². The summed E-state index contributed by atoms with van der Waals surface area (Å²) in [6, 6.07) is 4.72. The maximum atomic E-state index is 13.0. The molecule has 1 nitrogen and oxygen atoms in total. The van der Waals surface area contributed by atoms with Crippen molar-refractivity contribution in [3.05, 3.63) is 29.6 Å². The second kappa shape index (κ2) is 4.21. The van der Waals surface area contributed by atoms with Gasteiger partial charge in [-0.05, 0) is 43.7 Å². The predicted octanol–water partition coefficient (Wildman–Crippen LogP) is 3.70. The predicted molar refractivity (Wildman–Crippen MR) is 58.6 cm³/mol. The Morgan fingerprint density at radius 2 is 2.13 bits per heavy atom. The van der Waals surface area contributed by atoms with Gasteiger partial charge in [-0.25, -0.2) is 4.39 Å². The molecule has 0 N–H and O–H groups in total. The molecule has 1 aromatic rings. The van der Waals surface area contributed by atoms with Crippen LogP contribution in [0.4, 0.5) is 4.39 Å². The van der Waals surface area contributed by atoms with E-state index in [0.717, 1.165) is 24.3 Å². The van der Waals surface area contributed by atoms with Crippen LogP contribution >= 0.6 is 0 Å². The molecule has 2 atom stereocenters. The van der Waals surface area contributed by atoms with E-state index in [0.29, 0.717) is 5.75 Å². The minimum absolute atomic E-state index is 0.221. The van der Waals surface area contributed by atoms with Crippen molar-refractivity contribution in [1.82, 2.24) is 0 Å². The molecule has 1 aliphatic carbocycles. The molecule has 2 rings (SSSR count). The van der Waals surface area contributed by atoms with Crippen LogP contribution in [-0.4, -0.2) is 6.10 Å². The molecular formula is C13H17FO. The van der Waals surface area contributed by atoms with Gasteiger partial charge in [-0.1, -0.05) is 13.0 Å². The fourth-order valence-electron chi connectivity index (χ4n) is 2.14. The highest BCUT2D eigenvalue weighted by Crippen LogP contribution is 2.30. The number of aryl methyl sites for hydroxylation is 1. The summed E-state index contributed by atoms with van der Waals surface area (Å²) in [5, 5.41) is 0. The van der Waals surface area contributed by atoms with Crippen molar-refractivity contribution in [2.45, 2.75) is 39.2 Å². The molecule has 0 spiro atoms. The average molecular weight is 208 g/mol. The van der Waals surface area contributed by atoms with E-state index in [4.69, 9.17) is 4.74 Å². The molecule has 1 saturated carbocycles. The van der Waals surface area contributed by atoms with Crippen molar-refractivity contribution >= 4 is 0 Å². The lowest BCUT2D eigenvalue weighted by Crippen LogP contribution is -2.12. The molecule has 1 aliphatic rings. The van der Waals surface area contributed by atoms with Crippen LogP contribution < -0.4 is 4.74 Å². The number of benzene rings is 1. The number of halogens is 1. The molecule has 15 heavy (non-hydrogen) atoms. The largest absolute Gasteiger partial charge is 0.490 e. The lowest BCUT2D eigenvalue weighted by atomic mass is 10.1. The molecule has 0 radical (unpaired) electrons. The number of rotatable bonds is 2. The fourth-order valence-corrected chi connectivity index (χ4v) is 2.14. The molecule has 0 aliphatic heterocycles. The highest BCUT2D eigenvalue weighted by atomic mass is 19.1. The maximum Gasteiger partial charge on any atom is 0.126 e. The first-order chi connectivity index (χ1) is 7.15. The first-order valence-electron chi connectivity index (χ1n) is 5.58. The lowest BCUT2D eigenvalue weighted by Gasteiger charge is -2.15. The lowest BCUT2D eigenvalue weighted by molar-refractivity contribution is 0.203. The molecule has 0 bridgehead atoms. The fraction of sp³-hybridized carbons (Fsp3) is 0.538. The van der Waals surface area contributed by atoms with Crippen LogP contribution in [0, 0.1) is 18.7 Å². The van der Waals surface area contributed by atoms with Crippen molar-refractivity contribution in [2.24, 2.45) is 5.92 Å². The monoisotopic (exact) mass is 208 g/mol. The summed E-state index contributed by atoms with van der Waals surface area (Å²) in [6.07, 6.45) is 3.69. The van der Waals surface area contributed by atoms with Crippen molar-refractivity contribution in [2.75, 3.05) is 0 Å². The minimum Gasteiger partial charge on any atom is -0.490 e. The Bertz CT molecular complexity index is 348. The minimum atomic E-state index is -0.221. The van der Waals surface area contributed by atoms with E-state index in [-0.39, 0.29) is 11.9 Å². The Balaban J connectivity index is 2.07. The van der Waals surface area contributed by atoms with Crippen molar-refractivity contribution in [3.63, 3.8) is 0 Å². The molecule has 2 heteroatoms. The normalized spacial score (nSPS) is 25.5. The van der Waals surface area contributed by atoms with E-state index in [1.165, 1.54) is 18.6 Å². The van der Waals surface area contributed by atoms with Crippen molar-refractivity contribution < 1.29 is 9.13 Å². The molecule has 0 aromatic heterocycles. The van der Waals surface area contributed by atoms with Gasteiger partial charge in [-0.15, -0.1) is 0 Å². The van der Waals surface area contributed by atoms with Crippen LogP contribution in [0.3, 0.4) is 0 Å². The van der Waals surface area contributed by atoms with E-state index in [9.17, 15) is 4.39 Å². The first-order valence-corrected chi connectivity index (χ1v) is 5.58. The van der Waals surface area contributed by atoms with Gasteiger partial charge in [-0.2, -0.15) is 0 Å². The van der Waals surface area contributed by atoms with Crippen LogP contribution in [0.1, 0.15) is 31.7 Å². The quantitative estimate of drug-likeness (QED) is 0.720. The van der Waals surface area contributed by atoms with Gasteiger partial charge in [0.25, 0.3) is 0 Å². The third-order valence-electron chi connectivity index (χ3n) is 3.09. The van der Waals surface area contributed by atoms with Gasteiger partial charge in [-0.3, -0.25) is 0 Å².